The predicted molar refractivity (Wildman–Crippen MR) is 120 cm³/mol. The maximum absolute atomic E-state index is 11.8. The first-order chi connectivity index (χ1) is 14.4. The van der Waals surface area contributed by atoms with Gasteiger partial charge in [0.25, 0.3) is 0 Å². The van der Waals surface area contributed by atoms with Crippen LogP contribution in [0.1, 0.15) is 18.9 Å². The van der Waals surface area contributed by atoms with Gasteiger partial charge in [0.1, 0.15) is 17.8 Å². The first kappa shape index (κ1) is 24.5. The van der Waals surface area contributed by atoms with Gasteiger partial charge in [0.2, 0.25) is 0 Å². The summed E-state index contributed by atoms with van der Waals surface area (Å²) < 4.78 is 5.84. The number of rotatable bonds is 11. The summed E-state index contributed by atoms with van der Waals surface area (Å²) in [7, 11) is 4.04. The Morgan fingerprint density at radius 1 is 1.43 bits per heavy atom. The second-order valence-corrected chi connectivity index (χ2v) is 8.63. The van der Waals surface area contributed by atoms with Crippen molar-refractivity contribution >= 4 is 23.5 Å². The molecule has 0 aromatic heterocycles. The molecule has 8 nitrogen and oxygen atoms in total. The lowest BCUT2D eigenvalue weighted by Crippen LogP contribution is -2.39. The average Bonchev–Trinajstić information content (AvgIpc) is 3.14. The van der Waals surface area contributed by atoms with Gasteiger partial charge in [-0.2, -0.15) is 4.99 Å². The molecule has 3 atom stereocenters. The zero-order chi connectivity index (χ0) is 21.9. The largest absolute Gasteiger partial charge is 0.344 e. The monoisotopic (exact) mass is 436 g/mol. The molecule has 1 fully saturated rings. The number of nitrogens with one attached hydrogen (secondary N) is 1. The zero-order valence-corrected chi connectivity index (χ0v) is 18.7. The number of benzene rings is 1. The summed E-state index contributed by atoms with van der Waals surface area (Å²) in [6, 6.07) is 9.82. The number of likely N-dealkylation sites (N-methyl/N-ethyl adjacent to an activating group) is 1. The molecule has 0 saturated carbocycles. The van der Waals surface area contributed by atoms with Crippen LogP contribution in [0.5, 0.6) is 0 Å². The van der Waals surface area contributed by atoms with Gasteiger partial charge in [-0.25, -0.2) is 9.68 Å². The van der Waals surface area contributed by atoms with Gasteiger partial charge in [0.05, 0.1) is 6.67 Å². The maximum atomic E-state index is 11.8. The second kappa shape index (κ2) is 12.8. The number of nitrogens with zero attached hydrogens (tertiary/aromatic N) is 3. The molecule has 0 radical (unpaired) electrons. The van der Waals surface area contributed by atoms with E-state index in [0.717, 1.165) is 13.2 Å². The molecule has 2 rings (SSSR count). The fraction of sp³-hybridized carbons (Fsp3) is 0.524. The smallest absolute Gasteiger partial charge is 0.343 e. The van der Waals surface area contributed by atoms with Crippen LogP contribution in [0.4, 0.5) is 4.79 Å². The zero-order valence-electron chi connectivity index (χ0n) is 17.9. The Bertz CT molecular complexity index is 704. The summed E-state index contributed by atoms with van der Waals surface area (Å²) in [5.41, 5.74) is 1.62. The third kappa shape index (κ3) is 8.95. The molecule has 1 aromatic carbocycles. The molecule has 166 valence electrons. The molecule has 2 amide bonds. The normalized spacial score (nSPS) is 20.5. The summed E-state index contributed by atoms with van der Waals surface area (Å²) in [6.45, 7) is 7.40. The van der Waals surface area contributed by atoms with E-state index in [2.05, 4.69) is 45.9 Å². The average molecular weight is 437 g/mol. The molecule has 9 heteroatoms. The number of carbonyl (C=O) groups is 1. The van der Waals surface area contributed by atoms with E-state index in [1.807, 2.05) is 25.2 Å². The van der Waals surface area contributed by atoms with Crippen molar-refractivity contribution in [3.8, 4) is 0 Å². The van der Waals surface area contributed by atoms with Crippen molar-refractivity contribution in [2.24, 2.45) is 4.99 Å². The number of aliphatic imine (C=N–C) groups is 1. The van der Waals surface area contributed by atoms with Crippen molar-refractivity contribution in [2.45, 2.75) is 37.7 Å². The van der Waals surface area contributed by atoms with Crippen LogP contribution in [0.25, 0.3) is 0 Å². The third-order valence-electron chi connectivity index (χ3n) is 4.51. The van der Waals surface area contributed by atoms with Gasteiger partial charge in [-0.3, -0.25) is 15.1 Å². The van der Waals surface area contributed by atoms with Crippen molar-refractivity contribution in [2.75, 3.05) is 33.1 Å². The quantitative estimate of drug-likeness (QED) is 0.239. The molecule has 1 aliphatic heterocycles. The van der Waals surface area contributed by atoms with Gasteiger partial charge in [-0.15, -0.1) is 11.8 Å². The minimum Gasteiger partial charge on any atom is -0.344 e. The first-order valence-electron chi connectivity index (χ1n) is 9.86. The summed E-state index contributed by atoms with van der Waals surface area (Å²) in [5.74, 6) is 0.618. The molecule has 3 unspecified atom stereocenters. The molecule has 2 N–H and O–H groups in total. The number of ether oxygens (including phenoxy) is 1. The summed E-state index contributed by atoms with van der Waals surface area (Å²) in [6.07, 6.45) is 1.22. The highest BCUT2D eigenvalue weighted by Crippen LogP contribution is 2.28. The van der Waals surface area contributed by atoms with Crippen LogP contribution in [0.15, 0.2) is 48.0 Å². The van der Waals surface area contributed by atoms with Crippen molar-refractivity contribution in [3.63, 3.8) is 0 Å². The fourth-order valence-corrected chi connectivity index (χ4v) is 4.27. The highest BCUT2D eigenvalue weighted by atomic mass is 32.2. The van der Waals surface area contributed by atoms with Crippen LogP contribution in [-0.2, 0) is 16.2 Å². The summed E-state index contributed by atoms with van der Waals surface area (Å²) >= 11 is 1.58. The van der Waals surface area contributed by atoms with Crippen LogP contribution < -0.4 is 5.32 Å². The molecule has 0 spiro atoms. The number of carbonyl (C=O) groups excluding carboxylic acids is 1. The first-order valence-corrected chi connectivity index (χ1v) is 10.9. The molecule has 1 aliphatic rings. The molecule has 1 heterocycles. The lowest BCUT2D eigenvalue weighted by molar-refractivity contribution is -0.284. The van der Waals surface area contributed by atoms with E-state index in [1.54, 1.807) is 18.7 Å². The Kier molecular flexibility index (Phi) is 10.5. The van der Waals surface area contributed by atoms with Crippen molar-refractivity contribution in [3.05, 3.63) is 48.6 Å². The van der Waals surface area contributed by atoms with E-state index < -0.39 is 18.4 Å². The van der Waals surface area contributed by atoms with Crippen molar-refractivity contribution in [1.82, 2.24) is 15.1 Å². The lowest BCUT2D eigenvalue weighted by Gasteiger charge is -2.27. The topological polar surface area (TPSA) is 86.6 Å². The van der Waals surface area contributed by atoms with Gasteiger partial charge in [0, 0.05) is 31.0 Å². The Balaban J connectivity index is 1.73. The van der Waals surface area contributed by atoms with E-state index >= 15 is 0 Å². The highest BCUT2D eigenvalue weighted by molar-refractivity contribution is 8.00. The number of thioether (sulfide) groups is 1. The third-order valence-corrected chi connectivity index (χ3v) is 5.68. The Labute approximate surface area is 182 Å². The van der Waals surface area contributed by atoms with Gasteiger partial charge >= 0.3 is 6.03 Å². The van der Waals surface area contributed by atoms with Crippen molar-refractivity contribution < 1.29 is 19.7 Å². The van der Waals surface area contributed by atoms with Crippen LogP contribution in [0, 0.1) is 0 Å². The Hall–Kier alpha value is -1.75. The summed E-state index contributed by atoms with van der Waals surface area (Å²) in [5, 5.41) is 12.1. The highest BCUT2D eigenvalue weighted by Gasteiger charge is 2.30. The van der Waals surface area contributed by atoms with Crippen LogP contribution in [-0.4, -0.2) is 77.6 Å². The number of urea groups is 1. The predicted octanol–water partition coefficient (Wildman–Crippen LogP) is 3.03. The second-order valence-electron chi connectivity index (χ2n) is 7.44. The van der Waals surface area contributed by atoms with Gasteiger partial charge in [-0.05, 0) is 32.7 Å². The lowest BCUT2D eigenvalue weighted by atomic mass is 10.2. The number of hydrogen-bond acceptors (Lipinski definition) is 7. The molecular weight excluding hydrogens is 404 g/mol. The van der Waals surface area contributed by atoms with Crippen molar-refractivity contribution in [1.29, 1.82) is 0 Å². The standard InChI is InChI=1S/C21H32N4O4S/c1-5-16(2)22-21(26)23-19-14-30-20(28-19)11-18(29-27)13-25(4)15-24(3)12-17-9-7-6-8-10-17/h5-10,18-20,27H,1,11-15H2,2-4H3,(H,23,26). The molecule has 1 aromatic rings. The van der Waals surface area contributed by atoms with Gasteiger partial charge in [-0.1, -0.05) is 36.9 Å². The van der Waals surface area contributed by atoms with Crippen LogP contribution in [0.3, 0.4) is 0 Å². The Morgan fingerprint density at radius 3 is 2.83 bits per heavy atom. The molecular formula is C21H32N4O4S. The summed E-state index contributed by atoms with van der Waals surface area (Å²) in [4.78, 5) is 24.6. The van der Waals surface area contributed by atoms with E-state index in [0.29, 0.717) is 24.4 Å². The molecule has 30 heavy (non-hydrogen) atoms. The number of amides is 2. The minimum atomic E-state index is -0.449. The van der Waals surface area contributed by atoms with Crippen LogP contribution >= 0.6 is 11.8 Å². The van der Waals surface area contributed by atoms with E-state index in [-0.39, 0.29) is 5.44 Å². The number of hydrogen-bond donors (Lipinski definition) is 2. The van der Waals surface area contributed by atoms with Crippen LogP contribution in [0.2, 0.25) is 0 Å². The fourth-order valence-electron chi connectivity index (χ4n) is 3.16. The van der Waals surface area contributed by atoms with E-state index in [9.17, 15) is 10.1 Å². The number of allylic oxidation sites excluding steroid dienone is 1. The van der Waals surface area contributed by atoms with Gasteiger partial charge < -0.3 is 10.1 Å². The SMILES string of the molecule is C=CC(C)=NC(=O)NC1CSC(CC(CN(C)CN(C)Cc2ccccc2)OO)O1. The maximum Gasteiger partial charge on any atom is 0.343 e. The molecule has 0 bridgehead atoms. The minimum absolute atomic E-state index is 0.174. The van der Waals surface area contributed by atoms with Gasteiger partial charge in [0.15, 0.2) is 0 Å². The van der Waals surface area contributed by atoms with E-state index in [1.165, 1.54) is 11.6 Å². The van der Waals surface area contributed by atoms with E-state index in [4.69, 9.17) is 9.62 Å². The Morgan fingerprint density at radius 2 is 2.17 bits per heavy atom. The molecule has 0 aliphatic carbocycles. The molecule has 1 saturated heterocycles.